The third-order valence-electron chi connectivity index (χ3n) is 3.37. The number of nitrogens with one attached hydrogen (secondary N) is 1. The summed E-state index contributed by atoms with van der Waals surface area (Å²) in [5.74, 6) is -0.00484. The molecule has 1 fully saturated rings. The van der Waals surface area contributed by atoms with E-state index in [1.165, 1.54) is 16.7 Å². The smallest absolute Gasteiger partial charge is 0.324 e. The quantitative estimate of drug-likeness (QED) is 0.874. The first-order valence-corrected chi connectivity index (χ1v) is 7.95. The second-order valence-electron chi connectivity index (χ2n) is 4.98. The van der Waals surface area contributed by atoms with Crippen molar-refractivity contribution < 1.29 is 9.59 Å². The van der Waals surface area contributed by atoms with E-state index in [2.05, 4.69) is 16.4 Å². The molecule has 114 valence electrons. The Kier molecular flexibility index (Phi) is 4.15. The Morgan fingerprint density at radius 3 is 3.05 bits per heavy atom. The highest BCUT2D eigenvalue weighted by Gasteiger charge is 2.26. The zero-order chi connectivity index (χ0) is 15.5. The number of imide groups is 1. The molecule has 1 aromatic heterocycles. The van der Waals surface area contributed by atoms with Gasteiger partial charge in [0.25, 0.3) is 0 Å². The van der Waals surface area contributed by atoms with E-state index in [-0.39, 0.29) is 17.7 Å². The maximum absolute atomic E-state index is 12.1. The average Bonchev–Trinajstić information content (AvgIpc) is 3.13. The lowest BCUT2D eigenvalue weighted by Gasteiger charge is -2.12. The number of thioether (sulfide) groups is 1. The average molecular weight is 316 g/mol. The van der Waals surface area contributed by atoms with Gasteiger partial charge in [0, 0.05) is 31.2 Å². The summed E-state index contributed by atoms with van der Waals surface area (Å²) in [4.78, 5) is 29.1. The van der Waals surface area contributed by atoms with Crippen LogP contribution in [-0.2, 0) is 4.79 Å². The van der Waals surface area contributed by atoms with E-state index in [0.717, 1.165) is 16.4 Å². The fourth-order valence-corrected chi connectivity index (χ4v) is 3.13. The van der Waals surface area contributed by atoms with Gasteiger partial charge < -0.3 is 5.32 Å². The number of hydrogen-bond acceptors (Lipinski definition) is 4. The van der Waals surface area contributed by atoms with Gasteiger partial charge in [0.15, 0.2) is 5.16 Å². The number of carbonyl (C=O) groups is 2. The largest absolute Gasteiger partial charge is 0.336 e. The molecule has 3 rings (SSSR count). The van der Waals surface area contributed by atoms with Crippen molar-refractivity contribution in [2.75, 3.05) is 18.8 Å². The third kappa shape index (κ3) is 2.99. The fourth-order valence-electron chi connectivity index (χ4n) is 2.28. The molecule has 0 spiro atoms. The molecule has 22 heavy (non-hydrogen) atoms. The monoisotopic (exact) mass is 316 g/mol. The molecule has 3 amide bonds. The molecule has 1 saturated heterocycles. The highest BCUT2D eigenvalue weighted by Crippen LogP contribution is 2.21. The van der Waals surface area contributed by atoms with E-state index in [0.29, 0.717) is 13.1 Å². The van der Waals surface area contributed by atoms with Crippen LogP contribution in [0.25, 0.3) is 5.69 Å². The normalized spacial score (nSPS) is 14.2. The van der Waals surface area contributed by atoms with Gasteiger partial charge in [-0.15, -0.1) is 0 Å². The molecule has 6 nitrogen and oxygen atoms in total. The number of aryl methyl sites for hydroxylation is 1. The topological polar surface area (TPSA) is 67.2 Å². The maximum atomic E-state index is 12.1. The van der Waals surface area contributed by atoms with E-state index in [4.69, 9.17) is 0 Å². The van der Waals surface area contributed by atoms with Crippen molar-refractivity contribution in [1.29, 1.82) is 0 Å². The molecular formula is C15H16N4O2S. The van der Waals surface area contributed by atoms with E-state index in [9.17, 15) is 9.59 Å². The van der Waals surface area contributed by atoms with Crippen LogP contribution in [0, 0.1) is 6.92 Å². The van der Waals surface area contributed by atoms with Crippen LogP contribution in [0.5, 0.6) is 0 Å². The van der Waals surface area contributed by atoms with Crippen LogP contribution in [0.2, 0.25) is 0 Å². The Labute approximate surface area is 132 Å². The van der Waals surface area contributed by atoms with Crippen LogP contribution in [0.1, 0.15) is 5.56 Å². The standard InChI is InChI=1S/C15H16N4O2S/c1-11-3-2-4-12(9-11)18-7-6-17-15(18)22-10-13(20)19-8-5-16-14(19)21/h2-4,6-7,9H,5,8,10H2,1H3,(H,16,21). The highest BCUT2D eigenvalue weighted by atomic mass is 32.2. The molecule has 0 saturated carbocycles. The minimum absolute atomic E-state index is 0.191. The van der Waals surface area contributed by atoms with E-state index < -0.39 is 0 Å². The Morgan fingerprint density at radius 2 is 2.32 bits per heavy atom. The molecule has 1 aromatic carbocycles. The van der Waals surface area contributed by atoms with Crippen molar-refractivity contribution in [2.45, 2.75) is 12.1 Å². The molecule has 2 aromatic rings. The fraction of sp³-hybridized carbons (Fsp3) is 0.267. The van der Waals surface area contributed by atoms with E-state index in [1.54, 1.807) is 6.20 Å². The first-order chi connectivity index (χ1) is 10.6. The van der Waals surface area contributed by atoms with E-state index in [1.807, 2.05) is 35.9 Å². The van der Waals surface area contributed by atoms with Crippen LogP contribution in [0.3, 0.4) is 0 Å². The third-order valence-corrected chi connectivity index (χ3v) is 4.32. The van der Waals surface area contributed by atoms with Crippen LogP contribution in [0.15, 0.2) is 41.8 Å². The summed E-state index contributed by atoms with van der Waals surface area (Å²) in [7, 11) is 0. The summed E-state index contributed by atoms with van der Waals surface area (Å²) < 4.78 is 1.94. The summed E-state index contributed by atoms with van der Waals surface area (Å²) in [6, 6.07) is 7.75. The number of nitrogens with zero attached hydrogens (tertiary/aromatic N) is 3. The van der Waals surface area contributed by atoms with Gasteiger partial charge in [0.2, 0.25) is 5.91 Å². The SMILES string of the molecule is Cc1cccc(-n2ccnc2SCC(=O)N2CCNC2=O)c1. The molecule has 2 heterocycles. The van der Waals surface area contributed by atoms with Crippen molar-refractivity contribution in [2.24, 2.45) is 0 Å². The molecule has 1 aliphatic heterocycles. The summed E-state index contributed by atoms with van der Waals surface area (Å²) in [6.45, 7) is 2.99. The summed E-state index contributed by atoms with van der Waals surface area (Å²) in [5.41, 5.74) is 2.17. The van der Waals surface area contributed by atoms with E-state index >= 15 is 0 Å². The van der Waals surface area contributed by atoms with Crippen LogP contribution < -0.4 is 5.32 Å². The number of hydrogen-bond donors (Lipinski definition) is 1. The lowest BCUT2D eigenvalue weighted by Crippen LogP contribution is -2.35. The summed E-state index contributed by atoms with van der Waals surface area (Å²) in [5, 5.41) is 3.36. The number of benzene rings is 1. The molecule has 0 unspecified atom stereocenters. The molecule has 0 bridgehead atoms. The lowest BCUT2D eigenvalue weighted by molar-refractivity contribution is -0.124. The molecule has 1 aliphatic rings. The molecule has 0 atom stereocenters. The Bertz CT molecular complexity index is 713. The van der Waals surface area contributed by atoms with Gasteiger partial charge >= 0.3 is 6.03 Å². The molecule has 0 aliphatic carbocycles. The predicted octanol–water partition coefficient (Wildman–Crippen LogP) is 1.82. The first kappa shape index (κ1) is 14.6. The number of rotatable bonds is 4. The van der Waals surface area contributed by atoms with Crippen LogP contribution >= 0.6 is 11.8 Å². The van der Waals surface area contributed by atoms with Gasteiger partial charge in [-0.3, -0.25) is 14.3 Å². The van der Waals surface area contributed by atoms with Gasteiger partial charge in [-0.25, -0.2) is 9.78 Å². The van der Waals surface area contributed by atoms with Crippen molar-refractivity contribution >= 4 is 23.7 Å². The van der Waals surface area contributed by atoms with Gasteiger partial charge in [0.1, 0.15) is 0 Å². The molecular weight excluding hydrogens is 300 g/mol. The van der Waals surface area contributed by atoms with Gasteiger partial charge in [0.05, 0.1) is 5.75 Å². The van der Waals surface area contributed by atoms with Crippen molar-refractivity contribution in [3.63, 3.8) is 0 Å². The summed E-state index contributed by atoms with van der Waals surface area (Å²) >= 11 is 1.33. The number of imidazole rings is 1. The maximum Gasteiger partial charge on any atom is 0.324 e. The Morgan fingerprint density at radius 1 is 1.45 bits per heavy atom. The molecule has 1 N–H and O–H groups in total. The number of amides is 3. The minimum Gasteiger partial charge on any atom is -0.336 e. The van der Waals surface area contributed by atoms with Gasteiger partial charge in [-0.2, -0.15) is 0 Å². The van der Waals surface area contributed by atoms with Crippen molar-refractivity contribution in [3.05, 3.63) is 42.2 Å². The van der Waals surface area contributed by atoms with Gasteiger partial charge in [-0.1, -0.05) is 23.9 Å². The van der Waals surface area contributed by atoms with Gasteiger partial charge in [-0.05, 0) is 24.6 Å². The predicted molar refractivity (Wildman–Crippen MR) is 84.1 cm³/mol. The molecule has 7 heteroatoms. The van der Waals surface area contributed by atoms with Crippen molar-refractivity contribution in [1.82, 2.24) is 19.8 Å². The lowest BCUT2D eigenvalue weighted by atomic mass is 10.2. The number of aromatic nitrogens is 2. The number of carbonyl (C=O) groups excluding carboxylic acids is 2. The minimum atomic E-state index is -0.312. The first-order valence-electron chi connectivity index (χ1n) is 6.96. The highest BCUT2D eigenvalue weighted by molar-refractivity contribution is 7.99. The Balaban J connectivity index is 1.70. The summed E-state index contributed by atoms with van der Waals surface area (Å²) in [6.07, 6.45) is 3.57. The van der Waals surface area contributed by atoms with Crippen LogP contribution in [0.4, 0.5) is 4.79 Å². The zero-order valence-electron chi connectivity index (χ0n) is 12.2. The number of urea groups is 1. The van der Waals surface area contributed by atoms with Crippen molar-refractivity contribution in [3.8, 4) is 5.69 Å². The Hall–Kier alpha value is -2.28. The molecule has 0 radical (unpaired) electrons. The second-order valence-corrected chi connectivity index (χ2v) is 5.93. The van der Waals surface area contributed by atoms with Crippen LogP contribution in [-0.4, -0.2) is 45.2 Å². The zero-order valence-corrected chi connectivity index (χ0v) is 13.0. The second kappa shape index (κ2) is 6.23.